The SMILES string of the molecule is COc1ccc2c(c1)C=CN1C(C(=O)c3ccccc3)C(c3ccc(SC)cc3)C(C#N)(C#N)C21. The zero-order valence-electron chi connectivity index (χ0n) is 19.4. The first kappa shape index (κ1) is 22.8. The number of fused-ring (bicyclic) bond motifs is 3. The van der Waals surface area contributed by atoms with Crippen LogP contribution in [0.5, 0.6) is 5.75 Å². The average molecular weight is 478 g/mol. The topological polar surface area (TPSA) is 77.1 Å². The van der Waals surface area contributed by atoms with Gasteiger partial charge in [-0.2, -0.15) is 10.5 Å². The van der Waals surface area contributed by atoms with Gasteiger partial charge in [-0.3, -0.25) is 4.79 Å². The minimum Gasteiger partial charge on any atom is -0.497 e. The molecule has 0 aliphatic carbocycles. The number of carbonyl (C=O) groups is 1. The summed E-state index contributed by atoms with van der Waals surface area (Å²) in [5.41, 5.74) is 1.60. The Morgan fingerprint density at radius 3 is 2.37 bits per heavy atom. The number of methoxy groups -OCH3 is 1. The van der Waals surface area contributed by atoms with E-state index in [0.29, 0.717) is 11.3 Å². The Bertz CT molecular complexity index is 1370. The van der Waals surface area contributed by atoms with Gasteiger partial charge < -0.3 is 9.64 Å². The first-order valence-corrected chi connectivity index (χ1v) is 12.5. The molecular weight excluding hydrogens is 454 g/mol. The second kappa shape index (κ2) is 8.98. The molecule has 2 heterocycles. The lowest BCUT2D eigenvalue weighted by Gasteiger charge is -2.34. The van der Waals surface area contributed by atoms with Crippen LogP contribution in [0.4, 0.5) is 0 Å². The summed E-state index contributed by atoms with van der Waals surface area (Å²) in [6, 6.07) is 26.1. The summed E-state index contributed by atoms with van der Waals surface area (Å²) < 4.78 is 5.39. The van der Waals surface area contributed by atoms with Gasteiger partial charge in [0, 0.05) is 22.6 Å². The summed E-state index contributed by atoms with van der Waals surface area (Å²) in [5.74, 6) is -0.0622. The van der Waals surface area contributed by atoms with E-state index >= 15 is 0 Å². The van der Waals surface area contributed by atoms with Crippen molar-refractivity contribution >= 4 is 23.6 Å². The zero-order valence-corrected chi connectivity index (χ0v) is 20.2. The van der Waals surface area contributed by atoms with Crippen LogP contribution in [0.3, 0.4) is 0 Å². The van der Waals surface area contributed by atoms with Crippen LogP contribution in [0, 0.1) is 28.1 Å². The molecule has 5 rings (SSSR count). The van der Waals surface area contributed by atoms with Gasteiger partial charge >= 0.3 is 0 Å². The van der Waals surface area contributed by atoms with E-state index in [1.807, 2.05) is 84.1 Å². The number of benzene rings is 3. The minimum absolute atomic E-state index is 0.108. The molecule has 2 aliphatic rings. The van der Waals surface area contributed by atoms with Gasteiger partial charge in [-0.15, -0.1) is 11.8 Å². The predicted molar refractivity (Wildman–Crippen MR) is 136 cm³/mol. The van der Waals surface area contributed by atoms with Gasteiger partial charge in [-0.05, 0) is 53.3 Å². The second-order valence-corrected chi connectivity index (χ2v) is 9.56. The van der Waals surface area contributed by atoms with E-state index in [1.54, 1.807) is 31.0 Å². The van der Waals surface area contributed by atoms with Gasteiger partial charge in [0.05, 0.1) is 25.3 Å². The van der Waals surface area contributed by atoms with Crippen LogP contribution in [0.15, 0.2) is 83.9 Å². The number of nitrogens with zero attached hydrogens (tertiary/aromatic N) is 3. The maximum atomic E-state index is 14.0. The molecule has 0 N–H and O–H groups in total. The number of ketones is 1. The second-order valence-electron chi connectivity index (χ2n) is 8.68. The molecule has 2 aliphatic heterocycles. The fourth-order valence-corrected chi connectivity index (χ4v) is 5.82. The molecular formula is C29H23N3O2S. The monoisotopic (exact) mass is 477 g/mol. The third kappa shape index (κ3) is 3.50. The lowest BCUT2D eigenvalue weighted by molar-refractivity contribution is 0.0874. The van der Waals surface area contributed by atoms with Crippen molar-refractivity contribution in [3.8, 4) is 17.9 Å². The number of carbonyl (C=O) groups excluding carboxylic acids is 1. The molecule has 0 amide bonds. The van der Waals surface area contributed by atoms with Crippen LogP contribution in [0.25, 0.3) is 6.08 Å². The molecule has 35 heavy (non-hydrogen) atoms. The lowest BCUT2D eigenvalue weighted by atomic mass is 9.67. The van der Waals surface area contributed by atoms with Crippen molar-refractivity contribution in [1.82, 2.24) is 4.90 Å². The van der Waals surface area contributed by atoms with Crippen molar-refractivity contribution in [2.45, 2.75) is 22.9 Å². The largest absolute Gasteiger partial charge is 0.497 e. The number of thioether (sulfide) groups is 1. The molecule has 6 heteroatoms. The Morgan fingerprint density at radius 1 is 1.03 bits per heavy atom. The van der Waals surface area contributed by atoms with E-state index < -0.39 is 23.4 Å². The Hall–Kier alpha value is -4.00. The molecule has 0 bridgehead atoms. The van der Waals surface area contributed by atoms with Crippen LogP contribution < -0.4 is 4.74 Å². The number of Topliss-reactive ketones (excluding diaryl/α,β-unsaturated/α-hetero) is 1. The number of nitriles is 2. The lowest BCUT2D eigenvalue weighted by Crippen LogP contribution is -2.37. The third-order valence-electron chi connectivity index (χ3n) is 7.04. The average Bonchev–Trinajstić information content (AvgIpc) is 3.23. The molecule has 0 spiro atoms. The Balaban J connectivity index is 1.75. The molecule has 3 unspecified atom stereocenters. The first-order chi connectivity index (χ1) is 17.1. The van der Waals surface area contributed by atoms with Gasteiger partial charge in [-0.1, -0.05) is 48.5 Å². The van der Waals surface area contributed by atoms with Crippen LogP contribution in [0.1, 0.15) is 39.0 Å². The van der Waals surface area contributed by atoms with Gasteiger partial charge in [-0.25, -0.2) is 0 Å². The molecule has 3 aromatic carbocycles. The zero-order chi connectivity index (χ0) is 24.6. The van der Waals surface area contributed by atoms with Crippen molar-refractivity contribution in [3.63, 3.8) is 0 Å². The quantitative estimate of drug-likeness (QED) is 0.340. The predicted octanol–water partition coefficient (Wildman–Crippen LogP) is 5.83. The molecule has 1 fully saturated rings. The van der Waals surface area contributed by atoms with Crippen molar-refractivity contribution < 1.29 is 9.53 Å². The standard InChI is InChI=1S/C29H23N3O2S/c1-34-22-10-13-24-21(16-22)14-15-32-26(27(33)20-6-4-3-5-7-20)25(29(17-30,18-31)28(24)32)19-8-11-23(35-2)12-9-19/h3-16,25-26,28H,1-2H3. The Labute approximate surface area is 209 Å². The van der Waals surface area contributed by atoms with Gasteiger partial charge in [0.1, 0.15) is 11.8 Å². The van der Waals surface area contributed by atoms with Gasteiger partial charge in [0.15, 0.2) is 11.2 Å². The van der Waals surface area contributed by atoms with E-state index in [-0.39, 0.29) is 5.78 Å². The Morgan fingerprint density at radius 2 is 1.74 bits per heavy atom. The summed E-state index contributed by atoms with van der Waals surface area (Å²) in [6.45, 7) is 0. The first-order valence-electron chi connectivity index (χ1n) is 11.3. The highest BCUT2D eigenvalue weighted by atomic mass is 32.2. The highest BCUT2D eigenvalue weighted by molar-refractivity contribution is 7.98. The fraction of sp³-hybridized carbons (Fsp3) is 0.207. The van der Waals surface area contributed by atoms with Gasteiger partial charge in [0.2, 0.25) is 0 Å². The molecule has 3 atom stereocenters. The van der Waals surface area contributed by atoms with Crippen LogP contribution in [0.2, 0.25) is 0 Å². The van der Waals surface area contributed by atoms with Crippen LogP contribution >= 0.6 is 11.8 Å². The molecule has 0 aromatic heterocycles. The van der Waals surface area contributed by atoms with E-state index in [0.717, 1.165) is 21.6 Å². The summed E-state index contributed by atoms with van der Waals surface area (Å²) >= 11 is 1.62. The summed E-state index contributed by atoms with van der Waals surface area (Å²) in [5, 5.41) is 21.2. The minimum atomic E-state index is -1.48. The summed E-state index contributed by atoms with van der Waals surface area (Å²) in [4.78, 5) is 17.0. The van der Waals surface area contributed by atoms with Crippen molar-refractivity contribution in [2.24, 2.45) is 5.41 Å². The van der Waals surface area contributed by atoms with E-state index in [2.05, 4.69) is 12.1 Å². The normalized spacial score (nSPS) is 21.4. The van der Waals surface area contributed by atoms with Crippen molar-refractivity contribution in [3.05, 3.63) is 101 Å². The molecule has 1 saturated heterocycles. The van der Waals surface area contributed by atoms with Crippen LogP contribution in [-0.4, -0.2) is 30.1 Å². The molecule has 0 saturated carbocycles. The highest BCUT2D eigenvalue weighted by Crippen LogP contribution is 2.60. The fourth-order valence-electron chi connectivity index (χ4n) is 5.41. The molecule has 3 aromatic rings. The Kier molecular flexibility index (Phi) is 5.84. The van der Waals surface area contributed by atoms with Crippen LogP contribution in [-0.2, 0) is 0 Å². The van der Waals surface area contributed by atoms with Crippen molar-refractivity contribution in [1.29, 1.82) is 10.5 Å². The molecule has 0 radical (unpaired) electrons. The number of ether oxygens (including phenoxy) is 1. The summed E-state index contributed by atoms with van der Waals surface area (Å²) in [7, 11) is 1.60. The maximum absolute atomic E-state index is 14.0. The number of rotatable bonds is 5. The van der Waals surface area contributed by atoms with Gasteiger partial charge in [0.25, 0.3) is 0 Å². The number of hydrogen-bond acceptors (Lipinski definition) is 6. The molecule has 172 valence electrons. The summed E-state index contributed by atoms with van der Waals surface area (Å²) in [6.07, 6.45) is 5.79. The smallest absolute Gasteiger partial charge is 0.185 e. The highest BCUT2D eigenvalue weighted by Gasteiger charge is 2.63. The molecule has 5 nitrogen and oxygen atoms in total. The van der Waals surface area contributed by atoms with E-state index in [1.165, 1.54) is 0 Å². The third-order valence-corrected chi connectivity index (χ3v) is 7.79. The van der Waals surface area contributed by atoms with Crippen molar-refractivity contribution in [2.75, 3.05) is 13.4 Å². The number of hydrogen-bond donors (Lipinski definition) is 0. The maximum Gasteiger partial charge on any atom is 0.185 e. The van der Waals surface area contributed by atoms with E-state index in [4.69, 9.17) is 4.74 Å². The van der Waals surface area contributed by atoms with E-state index in [9.17, 15) is 15.3 Å².